The fourth-order valence-electron chi connectivity index (χ4n) is 2.69. The number of carbonyl (C=O) groups is 1. The van der Waals surface area contributed by atoms with Gasteiger partial charge < -0.3 is 5.32 Å². The minimum Gasteiger partial charge on any atom is -0.319 e. The molecule has 0 fully saturated rings. The summed E-state index contributed by atoms with van der Waals surface area (Å²) in [6, 6.07) is 10.3. The first kappa shape index (κ1) is 19.4. The van der Waals surface area contributed by atoms with Crippen molar-refractivity contribution < 1.29 is 26.7 Å². The van der Waals surface area contributed by atoms with Crippen LogP contribution in [0.4, 0.5) is 27.6 Å². The Morgan fingerprint density at radius 1 is 0.933 bits per heavy atom. The lowest BCUT2D eigenvalue weighted by Gasteiger charge is -2.10. The first-order chi connectivity index (χ1) is 14.2. The zero-order valence-electron chi connectivity index (χ0n) is 14.8. The van der Waals surface area contributed by atoms with Gasteiger partial charge in [-0.15, -0.1) is 5.10 Å². The Bertz CT molecular complexity index is 1250. The van der Waals surface area contributed by atoms with E-state index in [4.69, 9.17) is 0 Å². The van der Waals surface area contributed by atoms with Crippen LogP contribution >= 0.6 is 0 Å². The fraction of sp³-hybridized carbons (Fsp3) is 0.0526. The third kappa shape index (κ3) is 3.81. The van der Waals surface area contributed by atoms with Crippen LogP contribution in [0.15, 0.2) is 54.6 Å². The number of amides is 1. The number of fused-ring (bicyclic) bond motifs is 1. The number of halogens is 5. The number of carbonyl (C=O) groups excluding carboxylic acids is 1. The number of nitrogens with zero attached hydrogens (tertiary/aromatic N) is 4. The molecule has 30 heavy (non-hydrogen) atoms. The van der Waals surface area contributed by atoms with Crippen LogP contribution in [0.25, 0.3) is 17.0 Å². The molecule has 0 atom stereocenters. The van der Waals surface area contributed by atoms with E-state index in [9.17, 15) is 26.7 Å². The highest BCUT2D eigenvalue weighted by Crippen LogP contribution is 2.32. The third-order valence-electron chi connectivity index (χ3n) is 4.03. The van der Waals surface area contributed by atoms with Crippen molar-refractivity contribution in [3.63, 3.8) is 0 Å². The van der Waals surface area contributed by atoms with E-state index in [0.29, 0.717) is 4.52 Å². The Balaban J connectivity index is 1.78. The summed E-state index contributed by atoms with van der Waals surface area (Å²) in [5, 5.41) is 5.91. The van der Waals surface area contributed by atoms with Gasteiger partial charge in [0, 0.05) is 11.3 Å². The van der Waals surface area contributed by atoms with Crippen LogP contribution in [0.2, 0.25) is 0 Å². The summed E-state index contributed by atoms with van der Waals surface area (Å²) in [6.07, 6.45) is -4.83. The molecule has 0 aliphatic heterocycles. The van der Waals surface area contributed by atoms with Crippen LogP contribution in [-0.2, 0) is 6.18 Å². The summed E-state index contributed by atoms with van der Waals surface area (Å²) in [4.78, 5) is 20.1. The molecule has 0 radical (unpaired) electrons. The van der Waals surface area contributed by atoms with Crippen molar-refractivity contribution in [1.82, 2.24) is 19.6 Å². The molecular weight excluding hydrogens is 409 g/mol. The minimum absolute atomic E-state index is 0.0786. The van der Waals surface area contributed by atoms with Crippen molar-refractivity contribution in [2.45, 2.75) is 6.18 Å². The zero-order chi connectivity index (χ0) is 21.5. The van der Waals surface area contributed by atoms with Gasteiger partial charge in [-0.2, -0.15) is 22.7 Å². The molecular formula is C19H10F5N5O. The number of hydrogen-bond donors (Lipinski definition) is 1. The Morgan fingerprint density at radius 2 is 1.67 bits per heavy atom. The number of alkyl halides is 3. The lowest BCUT2D eigenvalue weighted by Crippen LogP contribution is -2.16. The molecule has 1 N–H and O–H groups in total. The van der Waals surface area contributed by atoms with Crippen LogP contribution in [0.3, 0.4) is 0 Å². The number of nitrogens with one attached hydrogen (secondary N) is 1. The molecule has 6 nitrogen and oxygen atoms in total. The Morgan fingerprint density at radius 3 is 2.33 bits per heavy atom. The molecule has 2 heterocycles. The molecule has 0 aliphatic rings. The third-order valence-corrected chi connectivity index (χ3v) is 4.03. The van der Waals surface area contributed by atoms with Crippen molar-refractivity contribution in [3.8, 4) is 11.3 Å². The molecule has 0 unspecified atom stereocenters. The molecule has 0 aliphatic carbocycles. The highest BCUT2D eigenvalue weighted by Gasteiger charge is 2.36. The molecule has 2 aromatic carbocycles. The van der Waals surface area contributed by atoms with Crippen LogP contribution in [0, 0.1) is 11.6 Å². The van der Waals surface area contributed by atoms with Crippen molar-refractivity contribution in [2.24, 2.45) is 0 Å². The number of aromatic nitrogens is 4. The molecule has 4 aromatic rings. The minimum atomic E-state index is -4.83. The van der Waals surface area contributed by atoms with Gasteiger partial charge in [0.2, 0.25) is 5.82 Å². The van der Waals surface area contributed by atoms with Gasteiger partial charge in [-0.3, -0.25) is 4.79 Å². The predicted molar refractivity (Wildman–Crippen MR) is 95.5 cm³/mol. The second kappa shape index (κ2) is 7.17. The molecule has 0 bridgehead atoms. The Kier molecular flexibility index (Phi) is 4.65. The summed E-state index contributed by atoms with van der Waals surface area (Å²) in [5.74, 6) is -3.18. The SMILES string of the molecule is O=C(Nc1cccc(F)c1)c1nc2nc(-c3ccc(F)cc3)cc(C(F)(F)F)n2n1. The molecule has 0 spiro atoms. The summed E-state index contributed by atoms with van der Waals surface area (Å²) in [5.41, 5.74) is -1.04. The predicted octanol–water partition coefficient (Wildman–Crippen LogP) is 4.34. The van der Waals surface area contributed by atoms with Crippen molar-refractivity contribution >= 4 is 17.4 Å². The summed E-state index contributed by atoms with van der Waals surface area (Å²) in [7, 11) is 0. The van der Waals surface area contributed by atoms with Gasteiger partial charge in [-0.25, -0.2) is 13.8 Å². The maximum atomic E-state index is 13.6. The van der Waals surface area contributed by atoms with E-state index < -0.39 is 41.0 Å². The molecule has 0 saturated heterocycles. The van der Waals surface area contributed by atoms with Gasteiger partial charge >= 0.3 is 6.18 Å². The molecule has 0 saturated carbocycles. The summed E-state index contributed by atoms with van der Waals surface area (Å²) < 4.78 is 67.5. The average Bonchev–Trinajstić information content (AvgIpc) is 3.11. The van der Waals surface area contributed by atoms with Crippen molar-refractivity contribution in [1.29, 1.82) is 0 Å². The van der Waals surface area contributed by atoms with Gasteiger partial charge in [-0.05, 0) is 48.5 Å². The van der Waals surface area contributed by atoms with Crippen LogP contribution in [0.1, 0.15) is 16.3 Å². The summed E-state index contributed by atoms with van der Waals surface area (Å²) in [6.45, 7) is 0. The second-order valence-corrected chi connectivity index (χ2v) is 6.14. The van der Waals surface area contributed by atoms with E-state index in [0.717, 1.165) is 30.3 Å². The topological polar surface area (TPSA) is 72.2 Å². The molecule has 4 rings (SSSR count). The van der Waals surface area contributed by atoms with E-state index in [1.807, 2.05) is 0 Å². The first-order valence-corrected chi connectivity index (χ1v) is 8.38. The largest absolute Gasteiger partial charge is 0.433 e. The zero-order valence-corrected chi connectivity index (χ0v) is 14.8. The quantitative estimate of drug-likeness (QED) is 0.502. The lowest BCUT2D eigenvalue weighted by atomic mass is 10.1. The van der Waals surface area contributed by atoms with Crippen molar-refractivity contribution in [3.05, 3.63) is 77.8 Å². The van der Waals surface area contributed by atoms with Gasteiger partial charge in [-0.1, -0.05) is 6.07 Å². The number of anilines is 1. The van der Waals surface area contributed by atoms with Gasteiger partial charge in [0.05, 0.1) is 5.69 Å². The molecule has 11 heteroatoms. The van der Waals surface area contributed by atoms with E-state index >= 15 is 0 Å². The van der Waals surface area contributed by atoms with Gasteiger partial charge in [0.25, 0.3) is 11.7 Å². The van der Waals surface area contributed by atoms with Crippen LogP contribution in [0.5, 0.6) is 0 Å². The summed E-state index contributed by atoms with van der Waals surface area (Å²) >= 11 is 0. The van der Waals surface area contributed by atoms with Crippen molar-refractivity contribution in [2.75, 3.05) is 5.32 Å². The number of rotatable bonds is 3. The smallest absolute Gasteiger partial charge is 0.319 e. The lowest BCUT2D eigenvalue weighted by molar-refractivity contribution is -0.142. The standard InChI is InChI=1S/C19H10F5N5O/c20-11-6-4-10(5-7-11)14-9-15(19(22,23)24)29-18(26-14)27-16(28-29)17(30)25-13-3-1-2-12(21)8-13/h1-9H,(H,25,30). The first-order valence-electron chi connectivity index (χ1n) is 8.38. The number of hydrogen-bond acceptors (Lipinski definition) is 4. The van der Waals surface area contributed by atoms with Crippen LogP contribution < -0.4 is 5.32 Å². The Hall–Kier alpha value is -3.89. The van der Waals surface area contributed by atoms with E-state index in [1.54, 1.807) is 0 Å². The molecule has 1 amide bonds. The second-order valence-electron chi connectivity index (χ2n) is 6.14. The van der Waals surface area contributed by atoms with Gasteiger partial charge in [0.1, 0.15) is 11.6 Å². The van der Waals surface area contributed by atoms with E-state index in [1.165, 1.54) is 24.3 Å². The highest BCUT2D eigenvalue weighted by atomic mass is 19.4. The Labute approximate surface area is 165 Å². The fourth-order valence-corrected chi connectivity index (χ4v) is 2.69. The normalized spacial score (nSPS) is 11.6. The van der Waals surface area contributed by atoms with E-state index in [-0.39, 0.29) is 16.9 Å². The molecule has 152 valence electrons. The average molecular weight is 419 g/mol. The molecule has 2 aromatic heterocycles. The maximum absolute atomic E-state index is 13.6. The monoisotopic (exact) mass is 419 g/mol. The number of benzene rings is 2. The van der Waals surface area contributed by atoms with E-state index in [2.05, 4.69) is 20.4 Å². The van der Waals surface area contributed by atoms with Crippen LogP contribution in [-0.4, -0.2) is 25.5 Å². The maximum Gasteiger partial charge on any atom is 0.433 e. The van der Waals surface area contributed by atoms with Gasteiger partial charge in [0.15, 0.2) is 5.69 Å². The highest BCUT2D eigenvalue weighted by molar-refractivity contribution is 6.01.